The summed E-state index contributed by atoms with van der Waals surface area (Å²) in [4.78, 5) is 4.49. The minimum absolute atomic E-state index is 0.107. The van der Waals surface area contributed by atoms with Crippen molar-refractivity contribution in [1.82, 2.24) is 15.4 Å². The van der Waals surface area contributed by atoms with E-state index in [1.54, 1.807) is 6.07 Å². The van der Waals surface area contributed by atoms with Crippen molar-refractivity contribution in [1.29, 1.82) is 0 Å². The molecule has 7 nitrogen and oxygen atoms in total. The van der Waals surface area contributed by atoms with Crippen LogP contribution in [0.15, 0.2) is 29.3 Å². The molecule has 0 fully saturated rings. The zero-order chi connectivity index (χ0) is 18.7. The summed E-state index contributed by atoms with van der Waals surface area (Å²) >= 11 is 6.12. The Bertz CT molecular complexity index is 653. The van der Waals surface area contributed by atoms with Crippen molar-refractivity contribution in [3.63, 3.8) is 0 Å². The van der Waals surface area contributed by atoms with Gasteiger partial charge in [0, 0.05) is 19.6 Å². The van der Waals surface area contributed by atoms with E-state index in [1.165, 1.54) is 0 Å². The predicted molar refractivity (Wildman–Crippen MR) is 103 cm³/mol. The molecule has 25 heavy (non-hydrogen) atoms. The Balaban J connectivity index is 2.56. The highest BCUT2D eigenvalue weighted by Crippen LogP contribution is 2.24. The lowest BCUT2D eigenvalue weighted by Gasteiger charge is -2.18. The van der Waals surface area contributed by atoms with Crippen molar-refractivity contribution in [3.05, 3.63) is 29.3 Å². The van der Waals surface area contributed by atoms with Crippen molar-refractivity contribution < 1.29 is 13.2 Å². The molecule has 1 aromatic rings. The molecule has 0 saturated carbocycles. The standard InChI is InChI=1S/C16H27ClN4O3S/c1-4-13(24-15-9-7-6-8-14(15)17)12-20-16(18-5-2)19-10-11-21-25(3,22)23/h6-9,13,21H,4-5,10-12H2,1-3H3,(H2,18,19,20). The fourth-order valence-electron chi connectivity index (χ4n) is 1.92. The molecule has 1 unspecified atom stereocenters. The molecule has 0 amide bonds. The van der Waals surface area contributed by atoms with Crippen LogP contribution in [0.4, 0.5) is 0 Å². The van der Waals surface area contributed by atoms with Crippen LogP contribution in [0.3, 0.4) is 0 Å². The van der Waals surface area contributed by atoms with E-state index in [4.69, 9.17) is 16.3 Å². The van der Waals surface area contributed by atoms with Crippen LogP contribution in [0.25, 0.3) is 0 Å². The van der Waals surface area contributed by atoms with E-state index in [1.807, 2.05) is 32.0 Å². The maximum absolute atomic E-state index is 11.0. The van der Waals surface area contributed by atoms with Crippen molar-refractivity contribution in [3.8, 4) is 5.75 Å². The third-order valence-electron chi connectivity index (χ3n) is 3.16. The Morgan fingerprint density at radius 1 is 1.24 bits per heavy atom. The van der Waals surface area contributed by atoms with Crippen molar-refractivity contribution in [2.24, 2.45) is 4.99 Å². The van der Waals surface area contributed by atoms with Crippen LogP contribution in [-0.4, -0.2) is 52.9 Å². The second kappa shape index (κ2) is 11.2. The second-order valence-electron chi connectivity index (χ2n) is 5.39. The molecule has 1 rings (SSSR count). The molecule has 0 aliphatic heterocycles. The van der Waals surface area contributed by atoms with Crippen molar-refractivity contribution in [2.75, 3.05) is 32.4 Å². The number of ether oxygens (including phenoxy) is 1. The molecular weight excluding hydrogens is 364 g/mol. The lowest BCUT2D eigenvalue weighted by atomic mass is 10.2. The molecular formula is C16H27ClN4O3S. The maximum atomic E-state index is 11.0. The topological polar surface area (TPSA) is 91.8 Å². The van der Waals surface area contributed by atoms with Gasteiger partial charge in [0.15, 0.2) is 5.96 Å². The fraction of sp³-hybridized carbons (Fsp3) is 0.562. The van der Waals surface area contributed by atoms with Gasteiger partial charge in [-0.05, 0) is 25.5 Å². The number of benzene rings is 1. The van der Waals surface area contributed by atoms with Crippen molar-refractivity contribution in [2.45, 2.75) is 26.4 Å². The summed E-state index contributed by atoms with van der Waals surface area (Å²) in [6, 6.07) is 7.34. The normalized spacial score (nSPS) is 13.4. The van der Waals surface area contributed by atoms with Gasteiger partial charge in [-0.15, -0.1) is 0 Å². The van der Waals surface area contributed by atoms with Crippen molar-refractivity contribution >= 4 is 27.6 Å². The number of para-hydroxylation sites is 1. The molecule has 142 valence electrons. The Kier molecular flexibility index (Phi) is 9.62. The van der Waals surface area contributed by atoms with E-state index in [9.17, 15) is 8.42 Å². The third kappa shape index (κ3) is 9.52. The van der Waals surface area contributed by atoms with Gasteiger partial charge in [0.05, 0.1) is 17.8 Å². The van der Waals surface area contributed by atoms with E-state index in [0.717, 1.165) is 12.7 Å². The molecule has 3 N–H and O–H groups in total. The van der Waals surface area contributed by atoms with E-state index in [-0.39, 0.29) is 12.6 Å². The summed E-state index contributed by atoms with van der Waals surface area (Å²) < 4.78 is 30.4. The van der Waals surface area contributed by atoms with Gasteiger partial charge >= 0.3 is 0 Å². The Morgan fingerprint density at radius 2 is 1.96 bits per heavy atom. The number of sulfonamides is 1. The van der Waals surface area contributed by atoms with Gasteiger partial charge in [0.2, 0.25) is 10.0 Å². The summed E-state index contributed by atoms with van der Waals surface area (Å²) in [5.41, 5.74) is 0. The minimum atomic E-state index is -3.19. The number of hydrogen-bond donors (Lipinski definition) is 3. The van der Waals surface area contributed by atoms with Gasteiger partial charge in [-0.2, -0.15) is 0 Å². The molecule has 0 aliphatic carbocycles. The number of halogens is 1. The predicted octanol–water partition coefficient (Wildman–Crippen LogP) is 1.60. The molecule has 0 aliphatic rings. The second-order valence-corrected chi connectivity index (χ2v) is 7.63. The van der Waals surface area contributed by atoms with Crippen LogP contribution < -0.4 is 20.1 Å². The van der Waals surface area contributed by atoms with Gasteiger partial charge in [0.25, 0.3) is 0 Å². The molecule has 0 bridgehead atoms. The lowest BCUT2D eigenvalue weighted by molar-refractivity contribution is 0.206. The van der Waals surface area contributed by atoms with E-state index >= 15 is 0 Å². The first-order valence-electron chi connectivity index (χ1n) is 8.23. The first kappa shape index (κ1) is 21.5. The first-order valence-corrected chi connectivity index (χ1v) is 10.5. The monoisotopic (exact) mass is 390 g/mol. The van der Waals surface area contributed by atoms with Gasteiger partial charge in [0.1, 0.15) is 11.9 Å². The van der Waals surface area contributed by atoms with Gasteiger partial charge < -0.3 is 15.4 Å². The molecule has 0 saturated heterocycles. The highest BCUT2D eigenvalue weighted by atomic mass is 35.5. The zero-order valence-corrected chi connectivity index (χ0v) is 16.5. The summed E-state index contributed by atoms with van der Waals surface area (Å²) in [6.07, 6.45) is 1.80. The highest BCUT2D eigenvalue weighted by Gasteiger charge is 2.10. The molecule has 0 radical (unpaired) electrons. The molecule has 0 aromatic heterocycles. The van der Waals surface area contributed by atoms with Crippen LogP contribution in [0.1, 0.15) is 20.3 Å². The molecule has 1 atom stereocenters. The average molecular weight is 391 g/mol. The Labute approximate surface area is 155 Å². The quantitative estimate of drug-likeness (QED) is 0.320. The summed E-state index contributed by atoms with van der Waals surface area (Å²) in [6.45, 7) is 5.86. The largest absolute Gasteiger partial charge is 0.487 e. The third-order valence-corrected chi connectivity index (χ3v) is 4.21. The van der Waals surface area contributed by atoms with E-state index < -0.39 is 10.0 Å². The van der Waals surface area contributed by atoms with Crippen LogP contribution in [0.2, 0.25) is 5.02 Å². The summed E-state index contributed by atoms with van der Waals surface area (Å²) in [5.74, 6) is 1.25. The Morgan fingerprint density at radius 3 is 2.56 bits per heavy atom. The average Bonchev–Trinajstić information content (AvgIpc) is 2.55. The molecule has 1 aromatic carbocycles. The van der Waals surface area contributed by atoms with Gasteiger partial charge in [-0.3, -0.25) is 0 Å². The molecule has 0 spiro atoms. The minimum Gasteiger partial charge on any atom is -0.487 e. The maximum Gasteiger partial charge on any atom is 0.208 e. The number of rotatable bonds is 10. The SMILES string of the molecule is CCNC(=NCC(CC)Oc1ccccc1Cl)NCCNS(C)(=O)=O. The van der Waals surface area contributed by atoms with Gasteiger partial charge in [-0.25, -0.2) is 18.1 Å². The highest BCUT2D eigenvalue weighted by molar-refractivity contribution is 7.88. The number of nitrogens with one attached hydrogen (secondary N) is 3. The van der Waals surface area contributed by atoms with Crippen LogP contribution in [0, 0.1) is 0 Å². The lowest BCUT2D eigenvalue weighted by Crippen LogP contribution is -2.42. The first-order chi connectivity index (χ1) is 11.9. The van der Waals surface area contributed by atoms with E-state index in [0.29, 0.717) is 36.4 Å². The smallest absolute Gasteiger partial charge is 0.208 e. The number of hydrogen-bond acceptors (Lipinski definition) is 4. The van der Waals surface area contributed by atoms with Crippen LogP contribution in [-0.2, 0) is 10.0 Å². The molecule has 0 heterocycles. The summed E-state index contributed by atoms with van der Waals surface area (Å²) in [7, 11) is -3.19. The number of aliphatic imine (C=N–C) groups is 1. The van der Waals surface area contributed by atoms with E-state index in [2.05, 4.69) is 20.3 Å². The number of guanidine groups is 1. The zero-order valence-electron chi connectivity index (χ0n) is 14.9. The summed E-state index contributed by atoms with van der Waals surface area (Å²) in [5, 5.41) is 6.76. The Hall–Kier alpha value is -1.51. The van der Waals surface area contributed by atoms with Crippen LogP contribution >= 0.6 is 11.6 Å². The van der Waals surface area contributed by atoms with Gasteiger partial charge in [-0.1, -0.05) is 30.7 Å². The molecule has 9 heteroatoms. The fourth-order valence-corrected chi connectivity index (χ4v) is 2.57. The van der Waals surface area contributed by atoms with Crippen LogP contribution in [0.5, 0.6) is 5.75 Å². The number of nitrogens with zero attached hydrogens (tertiary/aromatic N) is 1.